The first-order valence-corrected chi connectivity index (χ1v) is 12.1. The highest BCUT2D eigenvalue weighted by atomic mass is 16.5. The zero-order valence-electron chi connectivity index (χ0n) is 21.9. The lowest BCUT2D eigenvalue weighted by Gasteiger charge is -2.15. The van der Waals surface area contributed by atoms with E-state index in [2.05, 4.69) is 20.5 Å². The second-order valence-corrected chi connectivity index (χ2v) is 9.12. The Morgan fingerprint density at radius 3 is 2.39 bits per heavy atom. The van der Waals surface area contributed by atoms with Crippen LogP contribution in [0.3, 0.4) is 0 Å². The number of nitrogens with one attached hydrogen (secondary N) is 1. The van der Waals surface area contributed by atoms with Crippen LogP contribution in [0.1, 0.15) is 27.3 Å². The van der Waals surface area contributed by atoms with Crippen molar-refractivity contribution in [1.29, 1.82) is 0 Å². The Morgan fingerprint density at radius 1 is 0.974 bits per heavy atom. The van der Waals surface area contributed by atoms with Gasteiger partial charge in [0.05, 0.1) is 19.0 Å². The van der Waals surface area contributed by atoms with Gasteiger partial charge in [0, 0.05) is 29.4 Å². The van der Waals surface area contributed by atoms with Gasteiger partial charge in [0.15, 0.2) is 11.5 Å². The van der Waals surface area contributed by atoms with Gasteiger partial charge in [-0.2, -0.15) is 19.7 Å². The minimum Gasteiger partial charge on any atom is -0.496 e. The number of carbonyl (C=O) groups excluding carboxylic acids is 1. The van der Waals surface area contributed by atoms with E-state index in [4.69, 9.17) is 4.74 Å². The molecule has 0 radical (unpaired) electrons. The molecule has 0 bridgehead atoms. The number of aryl methyl sites for hydroxylation is 4. The van der Waals surface area contributed by atoms with Crippen molar-refractivity contribution in [3.05, 3.63) is 89.4 Å². The molecule has 0 atom stereocenters. The van der Waals surface area contributed by atoms with Crippen LogP contribution in [0.4, 0.5) is 5.69 Å². The van der Waals surface area contributed by atoms with Gasteiger partial charge in [-0.3, -0.25) is 4.79 Å². The van der Waals surface area contributed by atoms with Crippen molar-refractivity contribution in [1.82, 2.24) is 24.7 Å². The average Bonchev–Trinajstić information content (AvgIpc) is 3.46. The molecule has 0 unspecified atom stereocenters. The van der Waals surface area contributed by atoms with Crippen LogP contribution in [-0.2, 0) is 7.05 Å². The molecule has 0 spiro atoms. The van der Waals surface area contributed by atoms with Gasteiger partial charge in [0.25, 0.3) is 5.91 Å². The van der Waals surface area contributed by atoms with Crippen LogP contribution in [-0.4, -0.2) is 42.9 Å². The topological polar surface area (TPSA) is 107 Å². The second-order valence-electron chi connectivity index (χ2n) is 9.12. The monoisotopic (exact) mass is 508 g/mol. The second kappa shape index (κ2) is 9.85. The Balaban J connectivity index is 1.49. The molecule has 38 heavy (non-hydrogen) atoms. The summed E-state index contributed by atoms with van der Waals surface area (Å²) in [7, 11) is 3.37. The zero-order valence-corrected chi connectivity index (χ0v) is 21.9. The van der Waals surface area contributed by atoms with Gasteiger partial charge < -0.3 is 15.3 Å². The van der Waals surface area contributed by atoms with Gasteiger partial charge >= 0.3 is 0 Å². The van der Waals surface area contributed by atoms with Gasteiger partial charge in [-0.05, 0) is 67.8 Å². The lowest BCUT2D eigenvalue weighted by Crippen LogP contribution is -2.17. The number of ether oxygens (including phenoxy) is 1. The van der Waals surface area contributed by atoms with Crippen LogP contribution in [0.25, 0.3) is 33.8 Å². The predicted octanol–water partition coefficient (Wildman–Crippen LogP) is 5.44. The zero-order chi connectivity index (χ0) is 27.0. The van der Waals surface area contributed by atoms with Crippen LogP contribution in [0.2, 0.25) is 0 Å². The van der Waals surface area contributed by atoms with E-state index >= 15 is 0 Å². The largest absolute Gasteiger partial charge is 0.496 e. The minimum absolute atomic E-state index is 0.0503. The molecular weight excluding hydrogens is 480 g/mol. The van der Waals surface area contributed by atoms with E-state index in [-0.39, 0.29) is 11.5 Å². The molecule has 0 aliphatic heterocycles. The summed E-state index contributed by atoms with van der Waals surface area (Å²) in [4.78, 5) is 19.3. The number of nitrogens with zero attached hydrogens (tertiary/aromatic N) is 5. The first-order chi connectivity index (χ1) is 18.3. The number of amides is 1. The number of hydrogen-bond acceptors (Lipinski definition) is 6. The summed E-state index contributed by atoms with van der Waals surface area (Å²) < 4.78 is 6.48. The summed E-state index contributed by atoms with van der Waals surface area (Å²) in [5, 5.41) is 22.3. The van der Waals surface area contributed by atoms with Crippen LogP contribution < -0.4 is 10.1 Å². The minimum atomic E-state index is -0.483. The summed E-state index contributed by atoms with van der Waals surface area (Å²) in [6.45, 7) is 5.79. The lowest BCUT2D eigenvalue weighted by atomic mass is 9.93. The van der Waals surface area contributed by atoms with E-state index in [1.165, 1.54) is 4.80 Å². The molecule has 2 aromatic heterocycles. The molecule has 2 heterocycles. The summed E-state index contributed by atoms with van der Waals surface area (Å²) in [5.74, 6) is 0.486. The number of anilines is 1. The fourth-order valence-electron chi connectivity index (χ4n) is 4.67. The number of carbonyl (C=O) groups is 1. The molecule has 1 amide bonds. The number of benzene rings is 3. The Kier molecular flexibility index (Phi) is 6.42. The first-order valence-electron chi connectivity index (χ1n) is 12.1. The summed E-state index contributed by atoms with van der Waals surface area (Å²) in [6.07, 6.45) is 1.65. The summed E-state index contributed by atoms with van der Waals surface area (Å²) in [5.41, 5.74) is 7.30. The van der Waals surface area contributed by atoms with E-state index in [1.807, 2.05) is 62.4 Å². The van der Waals surface area contributed by atoms with E-state index < -0.39 is 5.91 Å². The number of imidazole rings is 1. The third kappa shape index (κ3) is 4.50. The van der Waals surface area contributed by atoms with E-state index in [9.17, 15) is 10.0 Å². The van der Waals surface area contributed by atoms with Crippen LogP contribution >= 0.6 is 0 Å². The maximum absolute atomic E-state index is 13.2. The Hall–Kier alpha value is -4.92. The fourth-order valence-corrected chi connectivity index (χ4v) is 4.67. The molecule has 0 fully saturated rings. The first kappa shape index (κ1) is 24.8. The maximum atomic E-state index is 13.2. The molecule has 0 saturated carbocycles. The number of rotatable bonds is 6. The quantitative estimate of drug-likeness (QED) is 0.296. The molecule has 9 nitrogen and oxygen atoms in total. The molecular formula is C29H28N6O3. The smallest absolute Gasteiger partial charge is 0.277 e. The predicted molar refractivity (Wildman–Crippen MR) is 145 cm³/mol. The highest BCUT2D eigenvalue weighted by molar-refractivity contribution is 6.04. The lowest BCUT2D eigenvalue weighted by molar-refractivity contribution is 0.0974. The molecule has 2 N–H and O–H groups in total. The molecule has 3 aromatic carbocycles. The van der Waals surface area contributed by atoms with Gasteiger partial charge in [-0.1, -0.05) is 30.3 Å². The van der Waals surface area contributed by atoms with Crippen LogP contribution in [0.5, 0.6) is 5.75 Å². The van der Waals surface area contributed by atoms with Crippen molar-refractivity contribution in [2.75, 3.05) is 12.4 Å². The molecule has 5 aromatic rings. The number of methoxy groups -OCH3 is 1. The van der Waals surface area contributed by atoms with Crippen molar-refractivity contribution in [3.63, 3.8) is 0 Å². The van der Waals surface area contributed by atoms with Gasteiger partial charge in [-0.25, -0.2) is 4.98 Å². The normalized spacial score (nSPS) is 11.0. The highest BCUT2D eigenvalue weighted by Crippen LogP contribution is 2.37. The van der Waals surface area contributed by atoms with E-state index in [0.29, 0.717) is 28.4 Å². The Bertz CT molecular complexity index is 1650. The number of hydrogen-bond donors (Lipinski definition) is 2. The standard InChI is InChI=1S/C29H28N6O3/c1-17-8-6-9-18(2)26(17)23-15-21(12-13-25(23)38-5)28-31-19(3)27(35(28)37)29(36)32-22-11-7-10-20(14-22)24-16-30-34(4)33-24/h6-16,37H,1-5H3,(H,32,36). The van der Waals surface area contributed by atoms with Crippen molar-refractivity contribution in [3.8, 4) is 39.5 Å². The highest BCUT2D eigenvalue weighted by Gasteiger charge is 2.23. The van der Waals surface area contributed by atoms with Gasteiger partial charge in [-0.15, -0.1) is 0 Å². The summed E-state index contributed by atoms with van der Waals surface area (Å²) in [6, 6.07) is 19.0. The average molecular weight is 509 g/mol. The van der Waals surface area contributed by atoms with Crippen LogP contribution in [0, 0.1) is 20.8 Å². The molecule has 0 aliphatic rings. The molecule has 0 aliphatic carbocycles. The SMILES string of the molecule is COc1ccc(-c2nc(C)c(C(=O)Nc3cccc(-c4cnn(C)n4)c3)n2O)cc1-c1c(C)cccc1C. The van der Waals surface area contributed by atoms with Crippen molar-refractivity contribution in [2.45, 2.75) is 20.8 Å². The van der Waals surface area contributed by atoms with Gasteiger partial charge in [0.1, 0.15) is 11.4 Å². The molecule has 192 valence electrons. The molecule has 0 saturated heterocycles. The van der Waals surface area contributed by atoms with Crippen LogP contribution in [0.15, 0.2) is 66.9 Å². The third-order valence-corrected chi connectivity index (χ3v) is 6.47. The third-order valence-electron chi connectivity index (χ3n) is 6.47. The van der Waals surface area contributed by atoms with Crippen molar-refractivity contribution in [2.24, 2.45) is 7.05 Å². The number of aromatic nitrogens is 5. The van der Waals surface area contributed by atoms with Crippen molar-refractivity contribution >= 4 is 11.6 Å². The maximum Gasteiger partial charge on any atom is 0.277 e. The van der Waals surface area contributed by atoms with E-state index in [1.54, 1.807) is 39.4 Å². The molecule has 9 heteroatoms. The fraction of sp³-hybridized carbons (Fsp3) is 0.172. The van der Waals surface area contributed by atoms with E-state index in [0.717, 1.165) is 32.5 Å². The van der Waals surface area contributed by atoms with Gasteiger partial charge in [0.2, 0.25) is 0 Å². The summed E-state index contributed by atoms with van der Waals surface area (Å²) >= 11 is 0. The van der Waals surface area contributed by atoms with Crippen molar-refractivity contribution < 1.29 is 14.7 Å². The Morgan fingerprint density at radius 2 is 1.71 bits per heavy atom. The molecule has 5 rings (SSSR count). The Labute approximate surface area is 220 Å².